The van der Waals surface area contributed by atoms with Crippen molar-refractivity contribution >= 4 is 0 Å². The van der Waals surface area contributed by atoms with Gasteiger partial charge in [-0.2, -0.15) is 0 Å². The predicted octanol–water partition coefficient (Wildman–Crippen LogP) is 11.8. The molecule has 3 aromatic carbocycles. The van der Waals surface area contributed by atoms with Crippen molar-refractivity contribution in [2.24, 2.45) is 17.8 Å². The molecule has 0 nitrogen and oxygen atoms in total. The summed E-state index contributed by atoms with van der Waals surface area (Å²) in [6, 6.07) is 16.1. The summed E-state index contributed by atoms with van der Waals surface area (Å²) in [5.41, 5.74) is 3.64. The average molecular weight is 559 g/mol. The summed E-state index contributed by atoms with van der Waals surface area (Å²) >= 11 is 0. The molecule has 3 aromatic rings. The molecule has 41 heavy (non-hydrogen) atoms. The van der Waals surface area contributed by atoms with E-state index in [0.29, 0.717) is 29.0 Å². The van der Waals surface area contributed by atoms with Crippen LogP contribution in [0.1, 0.15) is 101 Å². The van der Waals surface area contributed by atoms with Crippen LogP contribution in [0.25, 0.3) is 22.3 Å². The fourth-order valence-electron chi connectivity index (χ4n) is 7.45. The lowest BCUT2D eigenvalue weighted by Gasteiger charge is -2.38. The van der Waals surface area contributed by atoms with Crippen LogP contribution in [0.5, 0.6) is 0 Å². The maximum atomic E-state index is 15.4. The van der Waals surface area contributed by atoms with Gasteiger partial charge in [0.1, 0.15) is 5.82 Å². The van der Waals surface area contributed by atoms with Gasteiger partial charge in [0.05, 0.1) is 0 Å². The van der Waals surface area contributed by atoms with E-state index >= 15 is 4.39 Å². The number of hydrogen-bond donors (Lipinski definition) is 0. The Hall–Kier alpha value is -2.81. The minimum Gasteiger partial charge on any atom is -0.206 e. The lowest BCUT2D eigenvalue weighted by atomic mass is 9.68. The molecule has 0 aromatic heterocycles. The molecule has 0 bridgehead atoms. The quantitative estimate of drug-likeness (QED) is 0.217. The van der Waals surface area contributed by atoms with E-state index < -0.39 is 11.6 Å². The molecule has 0 N–H and O–H groups in total. The van der Waals surface area contributed by atoms with Crippen molar-refractivity contribution in [1.29, 1.82) is 0 Å². The first-order chi connectivity index (χ1) is 20.0. The highest BCUT2D eigenvalue weighted by Gasteiger charge is 2.31. The Kier molecular flexibility index (Phi) is 10.1. The number of halogens is 3. The van der Waals surface area contributed by atoms with Gasteiger partial charge in [-0.3, -0.25) is 0 Å². The third-order valence-corrected chi connectivity index (χ3v) is 10.0. The van der Waals surface area contributed by atoms with Crippen molar-refractivity contribution in [3.8, 4) is 22.3 Å². The predicted molar refractivity (Wildman–Crippen MR) is 165 cm³/mol. The zero-order chi connectivity index (χ0) is 28.8. The first-order valence-corrected chi connectivity index (χ1v) is 16.0. The molecule has 2 aliphatic rings. The highest BCUT2D eigenvalue weighted by Crippen LogP contribution is 2.45. The summed E-state index contributed by atoms with van der Waals surface area (Å²) in [5.74, 6) is 1.24. The summed E-state index contributed by atoms with van der Waals surface area (Å²) in [6.45, 7) is 5.90. The molecule has 0 unspecified atom stereocenters. The zero-order valence-corrected chi connectivity index (χ0v) is 24.6. The first-order valence-electron chi connectivity index (χ1n) is 16.0. The summed E-state index contributed by atoms with van der Waals surface area (Å²) in [5, 5.41) is 0. The van der Waals surface area contributed by atoms with E-state index in [1.165, 1.54) is 44.9 Å². The molecule has 0 spiro atoms. The van der Waals surface area contributed by atoms with Gasteiger partial charge in [0.15, 0.2) is 11.6 Å². The third-order valence-electron chi connectivity index (χ3n) is 10.0. The SMILES string of the molecule is C=CCCC1CCC(C2CCC(c3ccc(-c4ccc(-c5ccc(CCCC)c(F)c5F)cc4)c(F)c3)CC2)CC1. The van der Waals surface area contributed by atoms with Crippen molar-refractivity contribution in [1.82, 2.24) is 0 Å². The molecular formula is C38H45F3. The second-order valence-electron chi connectivity index (χ2n) is 12.6. The van der Waals surface area contributed by atoms with Gasteiger partial charge in [0.2, 0.25) is 0 Å². The van der Waals surface area contributed by atoms with Gasteiger partial charge in [0, 0.05) is 11.1 Å². The van der Waals surface area contributed by atoms with Crippen LogP contribution in [-0.4, -0.2) is 0 Å². The molecule has 2 aliphatic carbocycles. The number of unbranched alkanes of at least 4 members (excludes halogenated alkanes) is 1. The second kappa shape index (κ2) is 13.9. The Bertz CT molecular complexity index is 1290. The average Bonchev–Trinajstić information content (AvgIpc) is 3.01. The van der Waals surface area contributed by atoms with Crippen LogP contribution in [0.3, 0.4) is 0 Å². The third kappa shape index (κ3) is 6.99. The van der Waals surface area contributed by atoms with Crippen LogP contribution in [0.2, 0.25) is 0 Å². The normalized spacial score (nSPS) is 22.9. The van der Waals surface area contributed by atoms with Gasteiger partial charge in [-0.05, 0) is 116 Å². The highest BCUT2D eigenvalue weighted by atomic mass is 19.2. The van der Waals surface area contributed by atoms with Crippen LogP contribution in [-0.2, 0) is 6.42 Å². The van der Waals surface area contributed by atoms with Crippen LogP contribution >= 0.6 is 0 Å². The molecule has 0 heterocycles. The van der Waals surface area contributed by atoms with Crippen LogP contribution in [0, 0.1) is 35.2 Å². The second-order valence-corrected chi connectivity index (χ2v) is 12.6. The Balaban J connectivity index is 1.19. The summed E-state index contributed by atoms with van der Waals surface area (Å²) < 4.78 is 44.8. The van der Waals surface area contributed by atoms with E-state index in [0.717, 1.165) is 61.0 Å². The molecule has 218 valence electrons. The number of allylic oxidation sites excluding steroid dienone is 1. The summed E-state index contributed by atoms with van der Waals surface area (Å²) in [4.78, 5) is 0. The minimum atomic E-state index is -0.812. The highest BCUT2D eigenvalue weighted by molar-refractivity contribution is 5.71. The number of benzene rings is 3. The molecule has 0 radical (unpaired) electrons. The maximum Gasteiger partial charge on any atom is 0.166 e. The van der Waals surface area contributed by atoms with E-state index in [-0.39, 0.29) is 11.4 Å². The van der Waals surface area contributed by atoms with Crippen molar-refractivity contribution in [3.05, 3.63) is 95.8 Å². The van der Waals surface area contributed by atoms with E-state index in [4.69, 9.17) is 0 Å². The Morgan fingerprint density at radius 1 is 0.732 bits per heavy atom. The van der Waals surface area contributed by atoms with Gasteiger partial charge < -0.3 is 0 Å². The van der Waals surface area contributed by atoms with E-state index in [1.807, 2.05) is 13.0 Å². The summed E-state index contributed by atoms with van der Waals surface area (Å²) in [7, 11) is 0. The Labute approximate surface area is 245 Å². The molecule has 5 rings (SSSR count). The lowest BCUT2D eigenvalue weighted by molar-refractivity contribution is 0.157. The van der Waals surface area contributed by atoms with Crippen LogP contribution < -0.4 is 0 Å². The largest absolute Gasteiger partial charge is 0.206 e. The fraction of sp³-hybridized carbons (Fsp3) is 0.474. The molecule has 3 heteroatoms. The van der Waals surface area contributed by atoms with Crippen LogP contribution in [0.4, 0.5) is 13.2 Å². The molecule has 0 amide bonds. The van der Waals surface area contributed by atoms with Gasteiger partial charge in [-0.15, -0.1) is 6.58 Å². The number of hydrogen-bond acceptors (Lipinski definition) is 0. The van der Waals surface area contributed by atoms with Gasteiger partial charge in [0.25, 0.3) is 0 Å². The zero-order valence-electron chi connectivity index (χ0n) is 24.6. The van der Waals surface area contributed by atoms with Gasteiger partial charge >= 0.3 is 0 Å². The molecule has 0 saturated heterocycles. The fourth-order valence-corrected chi connectivity index (χ4v) is 7.45. The van der Waals surface area contributed by atoms with Crippen molar-refractivity contribution < 1.29 is 13.2 Å². The van der Waals surface area contributed by atoms with E-state index in [2.05, 4.69) is 18.7 Å². The molecule has 0 aliphatic heterocycles. The molecule has 2 fully saturated rings. The number of rotatable bonds is 10. The molecule has 0 atom stereocenters. The maximum absolute atomic E-state index is 15.4. The summed E-state index contributed by atoms with van der Waals surface area (Å²) in [6.07, 6.45) is 17.1. The monoisotopic (exact) mass is 558 g/mol. The lowest BCUT2D eigenvalue weighted by Crippen LogP contribution is -2.25. The van der Waals surface area contributed by atoms with E-state index in [1.54, 1.807) is 42.5 Å². The van der Waals surface area contributed by atoms with Crippen LogP contribution in [0.15, 0.2) is 67.3 Å². The van der Waals surface area contributed by atoms with E-state index in [9.17, 15) is 8.78 Å². The van der Waals surface area contributed by atoms with Crippen molar-refractivity contribution in [2.75, 3.05) is 0 Å². The van der Waals surface area contributed by atoms with Gasteiger partial charge in [-0.25, -0.2) is 13.2 Å². The first kappa shape index (κ1) is 29.7. The van der Waals surface area contributed by atoms with Gasteiger partial charge in [-0.1, -0.05) is 80.8 Å². The topological polar surface area (TPSA) is 0 Å². The van der Waals surface area contributed by atoms with Crippen molar-refractivity contribution in [3.63, 3.8) is 0 Å². The smallest absolute Gasteiger partial charge is 0.166 e. The number of aryl methyl sites for hydroxylation is 1. The van der Waals surface area contributed by atoms with Crippen molar-refractivity contribution in [2.45, 2.75) is 96.3 Å². The minimum absolute atomic E-state index is 0.215. The molecule has 2 saturated carbocycles. The Morgan fingerprint density at radius 2 is 1.34 bits per heavy atom. The standard InChI is InChI=1S/C38H45F3/c1-3-5-7-26-9-11-27(12-10-26)28-13-15-29(16-14-28)33-22-23-34(36(39)25-33)30-17-19-31(20-18-30)35-24-21-32(8-6-4-2)37(40)38(35)41/h3,17-29H,1,4-16H2,2H3. The Morgan fingerprint density at radius 3 is 1.95 bits per heavy atom. The molecular weight excluding hydrogens is 513 g/mol.